The maximum atomic E-state index is 5.78. The van der Waals surface area contributed by atoms with E-state index in [0.717, 1.165) is 28.3 Å². The van der Waals surface area contributed by atoms with Gasteiger partial charge >= 0.3 is 0 Å². The zero-order valence-corrected chi connectivity index (χ0v) is 15.1. The van der Waals surface area contributed by atoms with Gasteiger partial charge in [-0.2, -0.15) is 0 Å². The zero-order chi connectivity index (χ0) is 17.8. The normalized spacial score (nSPS) is 11.3. The molecule has 6 nitrogen and oxygen atoms in total. The van der Waals surface area contributed by atoms with Crippen LogP contribution in [0.3, 0.4) is 0 Å². The van der Waals surface area contributed by atoms with E-state index in [0.29, 0.717) is 24.1 Å². The van der Waals surface area contributed by atoms with Gasteiger partial charge < -0.3 is 13.7 Å². The molecule has 2 heterocycles. The van der Waals surface area contributed by atoms with Gasteiger partial charge in [-0.1, -0.05) is 42.1 Å². The van der Waals surface area contributed by atoms with Crippen LogP contribution in [0.2, 0.25) is 0 Å². The molecule has 26 heavy (non-hydrogen) atoms. The summed E-state index contributed by atoms with van der Waals surface area (Å²) in [6.07, 6.45) is 0. The third-order valence-corrected chi connectivity index (χ3v) is 4.91. The van der Waals surface area contributed by atoms with Gasteiger partial charge in [0.15, 0.2) is 5.16 Å². The lowest BCUT2D eigenvalue weighted by molar-refractivity contribution is 0.186. The van der Waals surface area contributed by atoms with Gasteiger partial charge in [0.1, 0.15) is 0 Å². The molecule has 2 aromatic carbocycles. The van der Waals surface area contributed by atoms with Crippen molar-refractivity contribution in [1.82, 2.24) is 19.7 Å². The van der Waals surface area contributed by atoms with E-state index < -0.39 is 0 Å². The average molecular weight is 366 g/mol. The van der Waals surface area contributed by atoms with Crippen molar-refractivity contribution in [3.63, 3.8) is 0 Å². The Balaban J connectivity index is 1.54. The summed E-state index contributed by atoms with van der Waals surface area (Å²) in [5, 5.41) is 9.21. The number of rotatable bonds is 7. The number of hydrogen-bond donors (Lipinski definition) is 0. The van der Waals surface area contributed by atoms with Crippen molar-refractivity contribution in [2.75, 3.05) is 13.7 Å². The van der Waals surface area contributed by atoms with Crippen molar-refractivity contribution in [2.45, 2.75) is 17.5 Å². The molecule has 0 saturated carbocycles. The van der Waals surface area contributed by atoms with Crippen LogP contribution in [0.4, 0.5) is 0 Å². The van der Waals surface area contributed by atoms with Crippen LogP contribution in [0, 0.1) is 0 Å². The third-order valence-electron chi connectivity index (χ3n) is 3.95. The predicted molar refractivity (Wildman–Crippen MR) is 101 cm³/mol. The quantitative estimate of drug-likeness (QED) is 0.460. The van der Waals surface area contributed by atoms with E-state index in [2.05, 4.69) is 20.8 Å². The van der Waals surface area contributed by atoms with E-state index in [4.69, 9.17) is 14.1 Å². The Morgan fingerprint density at radius 3 is 2.69 bits per heavy atom. The van der Waals surface area contributed by atoms with Crippen LogP contribution in [0.1, 0.15) is 5.89 Å². The van der Waals surface area contributed by atoms with Crippen molar-refractivity contribution < 1.29 is 9.15 Å². The second-order valence-electron chi connectivity index (χ2n) is 5.68. The molecule has 4 aromatic rings. The van der Waals surface area contributed by atoms with Crippen LogP contribution in [0.15, 0.2) is 64.2 Å². The molecule has 0 atom stereocenters. The molecule has 0 N–H and O–H groups in total. The van der Waals surface area contributed by atoms with Gasteiger partial charge in [0, 0.05) is 19.2 Å². The second kappa shape index (κ2) is 7.72. The molecule has 0 saturated heterocycles. The summed E-state index contributed by atoms with van der Waals surface area (Å²) >= 11 is 1.58. The lowest BCUT2D eigenvalue weighted by Crippen LogP contribution is -2.05. The molecule has 0 unspecified atom stereocenters. The van der Waals surface area contributed by atoms with E-state index in [1.165, 1.54) is 0 Å². The van der Waals surface area contributed by atoms with Crippen molar-refractivity contribution in [3.8, 4) is 11.5 Å². The molecular weight excluding hydrogens is 348 g/mol. The monoisotopic (exact) mass is 366 g/mol. The summed E-state index contributed by atoms with van der Waals surface area (Å²) in [4.78, 5) is 4.73. The van der Waals surface area contributed by atoms with E-state index in [1.807, 2.05) is 48.5 Å². The van der Waals surface area contributed by atoms with E-state index in [1.54, 1.807) is 18.9 Å². The number of methoxy groups -OCH3 is 1. The first-order valence-corrected chi connectivity index (χ1v) is 9.28. The molecule has 0 aliphatic rings. The van der Waals surface area contributed by atoms with Gasteiger partial charge in [0.25, 0.3) is 0 Å². The summed E-state index contributed by atoms with van der Waals surface area (Å²) in [5.41, 5.74) is 2.99. The summed E-state index contributed by atoms with van der Waals surface area (Å²) < 4.78 is 13.2. The fraction of sp³-hybridized carbons (Fsp3) is 0.211. The number of hydrogen-bond acceptors (Lipinski definition) is 6. The van der Waals surface area contributed by atoms with Gasteiger partial charge in [0.2, 0.25) is 11.8 Å². The average Bonchev–Trinajstić information content (AvgIpc) is 3.30. The second-order valence-corrected chi connectivity index (χ2v) is 6.63. The Hall–Kier alpha value is -2.64. The Labute approximate surface area is 155 Å². The highest BCUT2D eigenvalue weighted by molar-refractivity contribution is 7.98. The largest absolute Gasteiger partial charge is 0.420 e. The minimum Gasteiger partial charge on any atom is -0.420 e. The fourth-order valence-corrected chi connectivity index (χ4v) is 3.58. The number of ether oxygens (including phenoxy) is 1. The molecule has 7 heteroatoms. The highest BCUT2D eigenvalue weighted by Crippen LogP contribution is 2.27. The number of benzene rings is 2. The van der Waals surface area contributed by atoms with Crippen LogP contribution in [-0.2, 0) is 17.0 Å². The smallest absolute Gasteiger partial charge is 0.247 e. The molecule has 132 valence electrons. The van der Waals surface area contributed by atoms with Crippen LogP contribution < -0.4 is 0 Å². The molecular formula is C19H18N4O2S. The molecule has 0 spiro atoms. The molecule has 4 rings (SSSR count). The SMILES string of the molecule is COCCn1c(SCc2nnc(-c3ccccc3)o2)nc2ccccc21. The summed E-state index contributed by atoms with van der Waals surface area (Å²) in [7, 11) is 1.70. The highest BCUT2D eigenvalue weighted by Gasteiger charge is 2.14. The molecule has 0 amide bonds. The first-order valence-electron chi connectivity index (χ1n) is 8.30. The summed E-state index contributed by atoms with van der Waals surface area (Å²) in [5.74, 6) is 1.68. The fourth-order valence-electron chi connectivity index (χ4n) is 2.70. The minimum absolute atomic E-state index is 0.536. The zero-order valence-electron chi connectivity index (χ0n) is 14.3. The minimum atomic E-state index is 0.536. The number of thioether (sulfide) groups is 1. The lowest BCUT2D eigenvalue weighted by Gasteiger charge is -2.07. The standard InChI is InChI=1S/C19H18N4O2S/c1-24-12-11-23-16-10-6-5-9-15(16)20-19(23)26-13-17-21-22-18(25-17)14-7-3-2-4-8-14/h2-10H,11-13H2,1H3. The van der Waals surface area contributed by atoms with Crippen molar-refractivity contribution in [1.29, 1.82) is 0 Å². The summed E-state index contributed by atoms with van der Waals surface area (Å²) in [6, 6.07) is 17.9. The van der Waals surface area contributed by atoms with E-state index in [-0.39, 0.29) is 0 Å². The van der Waals surface area contributed by atoms with Crippen molar-refractivity contribution in [2.24, 2.45) is 0 Å². The van der Waals surface area contributed by atoms with Crippen LogP contribution in [-0.4, -0.2) is 33.5 Å². The first kappa shape index (κ1) is 16.8. The Kier molecular flexibility index (Phi) is 4.99. The lowest BCUT2D eigenvalue weighted by atomic mass is 10.2. The number of para-hydroxylation sites is 2. The Bertz CT molecular complexity index is 997. The van der Waals surface area contributed by atoms with E-state index in [9.17, 15) is 0 Å². The van der Waals surface area contributed by atoms with Gasteiger partial charge in [-0.25, -0.2) is 4.98 Å². The maximum Gasteiger partial charge on any atom is 0.247 e. The number of aromatic nitrogens is 4. The summed E-state index contributed by atoms with van der Waals surface area (Å²) in [6.45, 7) is 1.38. The number of fused-ring (bicyclic) bond motifs is 1. The molecule has 0 fully saturated rings. The van der Waals surface area contributed by atoms with Gasteiger partial charge in [-0.3, -0.25) is 0 Å². The maximum absolute atomic E-state index is 5.78. The number of nitrogens with zero attached hydrogens (tertiary/aromatic N) is 4. The topological polar surface area (TPSA) is 66.0 Å². The molecule has 0 radical (unpaired) electrons. The van der Waals surface area contributed by atoms with Crippen molar-refractivity contribution in [3.05, 3.63) is 60.5 Å². The molecule has 0 bridgehead atoms. The Morgan fingerprint density at radius 2 is 1.85 bits per heavy atom. The molecule has 0 aliphatic heterocycles. The molecule has 2 aromatic heterocycles. The highest BCUT2D eigenvalue weighted by atomic mass is 32.2. The van der Waals surface area contributed by atoms with Gasteiger partial charge in [0.05, 0.1) is 23.4 Å². The van der Waals surface area contributed by atoms with Crippen LogP contribution >= 0.6 is 11.8 Å². The van der Waals surface area contributed by atoms with Crippen LogP contribution in [0.25, 0.3) is 22.5 Å². The molecule has 0 aliphatic carbocycles. The van der Waals surface area contributed by atoms with E-state index >= 15 is 0 Å². The Morgan fingerprint density at radius 1 is 1.04 bits per heavy atom. The number of imidazole rings is 1. The van der Waals surface area contributed by atoms with Crippen molar-refractivity contribution >= 4 is 22.8 Å². The predicted octanol–water partition coefficient (Wildman–Crippen LogP) is 4.03. The van der Waals surface area contributed by atoms with Gasteiger partial charge in [-0.05, 0) is 24.3 Å². The first-order chi connectivity index (χ1) is 12.8. The van der Waals surface area contributed by atoms with Crippen LogP contribution in [0.5, 0.6) is 0 Å². The van der Waals surface area contributed by atoms with Gasteiger partial charge in [-0.15, -0.1) is 10.2 Å². The third kappa shape index (κ3) is 3.49.